The Kier molecular flexibility index (Phi) is 3.98. The number of amides is 1. The van der Waals surface area contributed by atoms with Crippen LogP contribution < -0.4 is 4.90 Å². The highest BCUT2D eigenvalue weighted by Gasteiger charge is 2.25. The third-order valence-corrected chi connectivity index (χ3v) is 4.69. The number of carbonyl (C=O) groups excluding carboxylic acids is 1. The van der Waals surface area contributed by atoms with Crippen LogP contribution in [0.5, 0.6) is 0 Å². The number of nitrogens with zero attached hydrogens (tertiary/aromatic N) is 3. The molecule has 2 aromatic carbocycles. The third kappa shape index (κ3) is 2.89. The fourth-order valence-corrected chi connectivity index (χ4v) is 3.31. The molecule has 1 aliphatic heterocycles. The lowest BCUT2D eigenvalue weighted by atomic mass is 10.1. The van der Waals surface area contributed by atoms with Gasteiger partial charge in [-0.2, -0.15) is 5.10 Å². The van der Waals surface area contributed by atoms with Crippen LogP contribution >= 0.6 is 0 Å². The standard InChI is InChI=1S/C20H20N4O/c1-23-11-12-24(14-16-9-5-6-10-18(16)23)20(25)17-13-21-22-19(17)15-7-3-2-4-8-15/h2-10,13H,11-12,14H2,1H3,(H,21,22). The second-order valence-electron chi connectivity index (χ2n) is 6.30. The van der Waals surface area contributed by atoms with Crippen LogP contribution in [0.4, 0.5) is 5.69 Å². The maximum atomic E-state index is 13.2. The molecule has 126 valence electrons. The number of hydrogen-bond acceptors (Lipinski definition) is 3. The van der Waals surface area contributed by atoms with Gasteiger partial charge in [-0.05, 0) is 11.6 Å². The van der Waals surface area contributed by atoms with Crippen molar-refractivity contribution in [1.82, 2.24) is 15.1 Å². The fraction of sp³-hybridized carbons (Fsp3) is 0.200. The van der Waals surface area contributed by atoms with Crippen molar-refractivity contribution < 1.29 is 4.79 Å². The highest BCUT2D eigenvalue weighted by atomic mass is 16.2. The zero-order chi connectivity index (χ0) is 17.2. The molecule has 0 fully saturated rings. The molecule has 0 bridgehead atoms. The fourth-order valence-electron chi connectivity index (χ4n) is 3.31. The van der Waals surface area contributed by atoms with Gasteiger partial charge in [0.25, 0.3) is 5.91 Å². The summed E-state index contributed by atoms with van der Waals surface area (Å²) in [6, 6.07) is 18.1. The Balaban J connectivity index is 1.66. The number of aromatic nitrogens is 2. The molecule has 0 spiro atoms. The van der Waals surface area contributed by atoms with Crippen molar-refractivity contribution >= 4 is 11.6 Å². The second-order valence-corrected chi connectivity index (χ2v) is 6.30. The molecule has 0 atom stereocenters. The molecule has 4 rings (SSSR count). The number of nitrogens with one attached hydrogen (secondary N) is 1. The van der Waals surface area contributed by atoms with Gasteiger partial charge in [0.1, 0.15) is 0 Å². The molecule has 1 aromatic heterocycles. The first-order valence-corrected chi connectivity index (χ1v) is 8.41. The highest BCUT2D eigenvalue weighted by Crippen LogP contribution is 2.27. The van der Waals surface area contributed by atoms with E-state index in [0.29, 0.717) is 18.7 Å². The number of benzene rings is 2. The van der Waals surface area contributed by atoms with Crippen LogP contribution in [0.1, 0.15) is 15.9 Å². The Bertz CT molecular complexity index is 887. The summed E-state index contributed by atoms with van der Waals surface area (Å²) in [5.74, 6) is 0.0118. The number of para-hydroxylation sites is 1. The van der Waals surface area contributed by atoms with Gasteiger partial charge in [-0.15, -0.1) is 0 Å². The first-order chi connectivity index (χ1) is 12.2. The largest absolute Gasteiger partial charge is 0.373 e. The SMILES string of the molecule is CN1CCN(C(=O)c2cn[nH]c2-c2ccccc2)Cc2ccccc21. The molecule has 2 heterocycles. The minimum atomic E-state index is 0.0118. The van der Waals surface area contributed by atoms with Crippen molar-refractivity contribution in [3.8, 4) is 11.3 Å². The maximum absolute atomic E-state index is 13.2. The Labute approximate surface area is 146 Å². The number of H-pyrrole nitrogens is 1. The zero-order valence-corrected chi connectivity index (χ0v) is 14.1. The number of rotatable bonds is 2. The van der Waals surface area contributed by atoms with Crippen LogP contribution in [0.3, 0.4) is 0 Å². The molecule has 1 amide bonds. The smallest absolute Gasteiger partial charge is 0.258 e. The van der Waals surface area contributed by atoms with E-state index in [1.54, 1.807) is 6.20 Å². The summed E-state index contributed by atoms with van der Waals surface area (Å²) in [4.78, 5) is 17.3. The third-order valence-electron chi connectivity index (χ3n) is 4.69. The van der Waals surface area contributed by atoms with Gasteiger partial charge in [0.15, 0.2) is 0 Å². The Morgan fingerprint density at radius 2 is 1.80 bits per heavy atom. The van der Waals surface area contributed by atoms with Crippen molar-refractivity contribution in [1.29, 1.82) is 0 Å². The maximum Gasteiger partial charge on any atom is 0.258 e. The van der Waals surface area contributed by atoms with Crippen molar-refractivity contribution in [3.05, 3.63) is 71.9 Å². The van der Waals surface area contributed by atoms with Crippen LogP contribution in [0.15, 0.2) is 60.8 Å². The van der Waals surface area contributed by atoms with Crippen LogP contribution in [-0.4, -0.2) is 41.1 Å². The van der Waals surface area contributed by atoms with E-state index in [1.807, 2.05) is 47.4 Å². The molecular formula is C20H20N4O. The van der Waals surface area contributed by atoms with Crippen molar-refractivity contribution in [2.24, 2.45) is 0 Å². The van der Waals surface area contributed by atoms with E-state index in [0.717, 1.165) is 17.8 Å². The minimum absolute atomic E-state index is 0.0118. The van der Waals surface area contributed by atoms with Crippen LogP contribution in [0.25, 0.3) is 11.3 Å². The van der Waals surface area contributed by atoms with Gasteiger partial charge < -0.3 is 9.80 Å². The summed E-state index contributed by atoms with van der Waals surface area (Å²) in [5, 5.41) is 7.09. The molecule has 0 saturated carbocycles. The minimum Gasteiger partial charge on any atom is -0.373 e. The first-order valence-electron chi connectivity index (χ1n) is 8.41. The molecule has 25 heavy (non-hydrogen) atoms. The van der Waals surface area contributed by atoms with Gasteiger partial charge in [-0.3, -0.25) is 9.89 Å². The summed E-state index contributed by atoms with van der Waals surface area (Å²) in [5.41, 5.74) is 4.72. The van der Waals surface area contributed by atoms with E-state index in [4.69, 9.17) is 0 Å². The first kappa shape index (κ1) is 15.4. The lowest BCUT2D eigenvalue weighted by molar-refractivity contribution is 0.0752. The average molecular weight is 332 g/mol. The molecule has 1 N–H and O–H groups in total. The average Bonchev–Trinajstić information content (AvgIpc) is 3.08. The molecule has 3 aromatic rings. The van der Waals surface area contributed by atoms with E-state index < -0.39 is 0 Å². The molecule has 1 aliphatic rings. The van der Waals surface area contributed by atoms with Crippen molar-refractivity contribution in [2.75, 3.05) is 25.0 Å². The van der Waals surface area contributed by atoms with Crippen LogP contribution in [0, 0.1) is 0 Å². The van der Waals surface area contributed by atoms with E-state index in [2.05, 4.69) is 34.3 Å². The highest BCUT2D eigenvalue weighted by molar-refractivity contribution is 5.99. The molecule has 0 radical (unpaired) electrons. The van der Waals surface area contributed by atoms with E-state index in [1.165, 1.54) is 11.3 Å². The number of aromatic amines is 1. The van der Waals surface area contributed by atoms with Gasteiger partial charge in [0.05, 0.1) is 17.5 Å². The Morgan fingerprint density at radius 3 is 2.64 bits per heavy atom. The summed E-state index contributed by atoms with van der Waals surface area (Å²) < 4.78 is 0. The molecule has 0 saturated heterocycles. The van der Waals surface area contributed by atoms with Gasteiger partial charge in [0, 0.05) is 37.9 Å². The summed E-state index contributed by atoms with van der Waals surface area (Å²) in [7, 11) is 2.07. The van der Waals surface area contributed by atoms with Crippen LogP contribution in [0.2, 0.25) is 0 Å². The molecule has 5 heteroatoms. The van der Waals surface area contributed by atoms with Gasteiger partial charge in [-0.1, -0.05) is 48.5 Å². The predicted octanol–water partition coefficient (Wildman–Crippen LogP) is 3.17. The zero-order valence-electron chi connectivity index (χ0n) is 14.1. The summed E-state index contributed by atoms with van der Waals surface area (Å²) in [6.45, 7) is 2.10. The van der Waals surface area contributed by atoms with Crippen molar-refractivity contribution in [2.45, 2.75) is 6.54 Å². The van der Waals surface area contributed by atoms with E-state index in [9.17, 15) is 4.79 Å². The summed E-state index contributed by atoms with van der Waals surface area (Å²) >= 11 is 0. The molecule has 5 nitrogen and oxygen atoms in total. The lowest BCUT2D eigenvalue weighted by Crippen LogP contribution is -2.34. The molecule has 0 unspecified atom stereocenters. The Morgan fingerprint density at radius 1 is 1.04 bits per heavy atom. The van der Waals surface area contributed by atoms with E-state index in [-0.39, 0.29) is 5.91 Å². The number of likely N-dealkylation sites (N-methyl/N-ethyl adjacent to an activating group) is 1. The quantitative estimate of drug-likeness (QED) is 0.784. The molecular weight excluding hydrogens is 312 g/mol. The monoisotopic (exact) mass is 332 g/mol. The number of hydrogen-bond donors (Lipinski definition) is 1. The van der Waals surface area contributed by atoms with Gasteiger partial charge >= 0.3 is 0 Å². The number of carbonyl (C=O) groups is 1. The lowest BCUT2D eigenvalue weighted by Gasteiger charge is -2.21. The van der Waals surface area contributed by atoms with E-state index >= 15 is 0 Å². The number of fused-ring (bicyclic) bond motifs is 1. The topological polar surface area (TPSA) is 52.2 Å². The summed E-state index contributed by atoms with van der Waals surface area (Å²) in [6.07, 6.45) is 1.63. The second kappa shape index (κ2) is 6.43. The molecule has 0 aliphatic carbocycles. The van der Waals surface area contributed by atoms with Crippen LogP contribution in [-0.2, 0) is 6.54 Å². The normalized spacial score (nSPS) is 14.1. The van der Waals surface area contributed by atoms with Crippen molar-refractivity contribution in [3.63, 3.8) is 0 Å². The van der Waals surface area contributed by atoms with Gasteiger partial charge in [0.2, 0.25) is 0 Å². The predicted molar refractivity (Wildman–Crippen MR) is 98.5 cm³/mol. The van der Waals surface area contributed by atoms with Gasteiger partial charge in [-0.25, -0.2) is 0 Å². The number of anilines is 1. The Hall–Kier alpha value is -3.08.